The molecule has 0 saturated heterocycles. The second kappa shape index (κ2) is 3.54. The van der Waals surface area contributed by atoms with Crippen molar-refractivity contribution in [2.45, 2.75) is 0 Å². The van der Waals surface area contributed by atoms with E-state index >= 15 is 0 Å². The van der Waals surface area contributed by atoms with Gasteiger partial charge in [0.05, 0.1) is 6.34 Å². The fraction of sp³-hybridized carbons (Fsp3) is 0.125. The molecule has 0 fully saturated rings. The van der Waals surface area contributed by atoms with Crippen molar-refractivity contribution in [3.8, 4) is 0 Å². The quantitative estimate of drug-likeness (QED) is 0.427. The molecule has 0 spiro atoms. The van der Waals surface area contributed by atoms with Crippen LogP contribution in [0.15, 0.2) is 35.6 Å². The lowest BCUT2D eigenvalue weighted by atomic mass is 10.4. The van der Waals surface area contributed by atoms with Gasteiger partial charge in [0.25, 0.3) is 0 Å². The molecule has 0 saturated carbocycles. The average molecular weight is 148 g/mol. The van der Waals surface area contributed by atoms with Gasteiger partial charge in [-0.2, -0.15) is 0 Å². The van der Waals surface area contributed by atoms with Crippen LogP contribution in [0, 0.1) is 0 Å². The molecule has 1 aliphatic heterocycles. The van der Waals surface area contributed by atoms with Gasteiger partial charge in [0.1, 0.15) is 5.70 Å². The first kappa shape index (κ1) is 7.51. The second-order valence-electron chi connectivity index (χ2n) is 2.03. The summed E-state index contributed by atoms with van der Waals surface area (Å²) in [6.07, 6.45) is 6.69. The van der Waals surface area contributed by atoms with Crippen LogP contribution in [0.25, 0.3) is 0 Å². The Labute approximate surface area is 65.0 Å². The van der Waals surface area contributed by atoms with E-state index < -0.39 is 0 Å². The van der Waals surface area contributed by atoms with E-state index in [1.165, 1.54) is 0 Å². The van der Waals surface area contributed by atoms with Crippen LogP contribution in [-0.4, -0.2) is 23.7 Å². The lowest BCUT2D eigenvalue weighted by Crippen LogP contribution is -2.16. The molecule has 0 bridgehead atoms. The minimum atomic E-state index is 0.324. The summed E-state index contributed by atoms with van der Waals surface area (Å²) in [5.74, 6) is 1.70. The zero-order valence-corrected chi connectivity index (χ0v) is 6.03. The van der Waals surface area contributed by atoms with Gasteiger partial charge in [-0.15, -0.1) is 6.58 Å². The summed E-state index contributed by atoms with van der Waals surface area (Å²) in [5, 5.41) is 0. The predicted octanol–water partition coefficient (Wildman–Crippen LogP) is 0.745. The highest BCUT2D eigenvalue weighted by molar-refractivity contribution is 5.68. The smallest absolute Gasteiger partial charge is 0.152 e. The molecule has 1 aliphatic rings. The summed E-state index contributed by atoms with van der Waals surface area (Å²) < 4.78 is 0. The highest BCUT2D eigenvalue weighted by Gasteiger charge is 1.98. The second-order valence-corrected chi connectivity index (χ2v) is 2.03. The van der Waals surface area contributed by atoms with Crippen LogP contribution in [0.2, 0.25) is 0 Å². The van der Waals surface area contributed by atoms with Gasteiger partial charge in [0, 0.05) is 12.7 Å². The molecular weight excluding hydrogens is 140 g/mol. The van der Waals surface area contributed by atoms with Gasteiger partial charge in [-0.25, -0.2) is 9.79 Å². The van der Waals surface area contributed by atoms with E-state index in [-0.39, 0.29) is 0 Å². The molecule has 0 unspecified atom stereocenters. The van der Waals surface area contributed by atoms with E-state index in [1.807, 2.05) is 4.90 Å². The summed E-state index contributed by atoms with van der Waals surface area (Å²) in [7, 11) is 0. The Morgan fingerprint density at radius 1 is 1.82 bits per heavy atom. The fourth-order valence-corrected chi connectivity index (χ4v) is 0.702. The van der Waals surface area contributed by atoms with Crippen molar-refractivity contribution in [1.29, 1.82) is 0 Å². The standard InChI is InChI=1S/C8H8N2O/c1-2-4-10-5-3-8(6-11)9-7-10/h2-3,5,7H,1,4H2. The maximum atomic E-state index is 10.1. The third kappa shape index (κ3) is 1.92. The topological polar surface area (TPSA) is 32.7 Å². The van der Waals surface area contributed by atoms with Gasteiger partial charge in [-0.1, -0.05) is 6.08 Å². The Hall–Kier alpha value is -1.60. The van der Waals surface area contributed by atoms with Crippen LogP contribution in [-0.2, 0) is 4.79 Å². The Balaban J connectivity index is 2.64. The Kier molecular flexibility index (Phi) is 2.42. The Morgan fingerprint density at radius 2 is 2.64 bits per heavy atom. The molecule has 0 aromatic heterocycles. The maximum Gasteiger partial charge on any atom is 0.152 e. The third-order valence-electron chi connectivity index (χ3n) is 1.21. The number of nitrogens with zero attached hydrogens (tertiary/aromatic N) is 2. The van der Waals surface area contributed by atoms with E-state index in [2.05, 4.69) is 11.6 Å². The fourth-order valence-electron chi connectivity index (χ4n) is 0.702. The van der Waals surface area contributed by atoms with Crippen molar-refractivity contribution in [3.63, 3.8) is 0 Å². The zero-order valence-electron chi connectivity index (χ0n) is 6.03. The molecule has 0 aromatic rings. The first-order valence-electron chi connectivity index (χ1n) is 3.21. The molecular formula is C8H8N2O. The number of hydrogen-bond donors (Lipinski definition) is 0. The number of rotatable bonds is 2. The largest absolute Gasteiger partial charge is 0.335 e. The lowest BCUT2D eigenvalue weighted by Gasteiger charge is -2.13. The zero-order chi connectivity index (χ0) is 8.10. The molecule has 0 radical (unpaired) electrons. The first-order chi connectivity index (χ1) is 5.36. The van der Waals surface area contributed by atoms with E-state index in [0.29, 0.717) is 12.2 Å². The predicted molar refractivity (Wildman–Crippen MR) is 43.7 cm³/mol. The summed E-state index contributed by atoms with van der Waals surface area (Å²) in [6.45, 7) is 4.27. The van der Waals surface area contributed by atoms with Gasteiger partial charge < -0.3 is 4.90 Å². The Bertz CT molecular complexity index is 243. The number of aliphatic imine (C=N–C) groups is 1. The average Bonchev–Trinajstić information content (AvgIpc) is 2.07. The van der Waals surface area contributed by atoms with Crippen LogP contribution in [0.5, 0.6) is 0 Å². The molecule has 0 aromatic carbocycles. The summed E-state index contributed by atoms with van der Waals surface area (Å²) in [5.41, 5.74) is 0.324. The monoisotopic (exact) mass is 148 g/mol. The van der Waals surface area contributed by atoms with Crippen LogP contribution >= 0.6 is 0 Å². The lowest BCUT2D eigenvalue weighted by molar-refractivity contribution is 0.566. The van der Waals surface area contributed by atoms with Gasteiger partial charge in [0.2, 0.25) is 0 Å². The number of carbonyl (C=O) groups excluding carboxylic acids is 1. The molecule has 56 valence electrons. The van der Waals surface area contributed by atoms with Gasteiger partial charge in [-0.3, -0.25) is 0 Å². The molecule has 3 nitrogen and oxygen atoms in total. The van der Waals surface area contributed by atoms with Crippen LogP contribution < -0.4 is 0 Å². The molecule has 3 heteroatoms. The minimum absolute atomic E-state index is 0.324. The van der Waals surface area contributed by atoms with Crippen LogP contribution in [0.1, 0.15) is 0 Å². The SMILES string of the molecule is C=CCN1C=CC(=C=O)N=C1. The molecule has 1 heterocycles. The van der Waals surface area contributed by atoms with Crippen LogP contribution in [0.4, 0.5) is 0 Å². The molecule has 11 heavy (non-hydrogen) atoms. The third-order valence-corrected chi connectivity index (χ3v) is 1.21. The Morgan fingerprint density at radius 3 is 3.09 bits per heavy atom. The summed E-state index contributed by atoms with van der Waals surface area (Å²) in [4.78, 5) is 15.7. The highest BCUT2D eigenvalue weighted by Crippen LogP contribution is 2.01. The molecule has 0 amide bonds. The van der Waals surface area contributed by atoms with Crippen molar-refractivity contribution in [2.75, 3.05) is 6.54 Å². The molecule has 0 atom stereocenters. The normalized spacial score (nSPS) is 14.9. The van der Waals surface area contributed by atoms with E-state index in [4.69, 9.17) is 0 Å². The van der Waals surface area contributed by atoms with E-state index in [0.717, 1.165) is 0 Å². The summed E-state index contributed by atoms with van der Waals surface area (Å²) >= 11 is 0. The van der Waals surface area contributed by atoms with Crippen LogP contribution in [0.3, 0.4) is 0 Å². The van der Waals surface area contributed by atoms with E-state index in [9.17, 15) is 4.79 Å². The minimum Gasteiger partial charge on any atom is -0.335 e. The van der Waals surface area contributed by atoms with Gasteiger partial charge in [0.15, 0.2) is 5.94 Å². The van der Waals surface area contributed by atoms with Crippen molar-refractivity contribution in [3.05, 3.63) is 30.6 Å². The van der Waals surface area contributed by atoms with Crippen molar-refractivity contribution >= 4 is 12.3 Å². The van der Waals surface area contributed by atoms with Crippen molar-refractivity contribution in [1.82, 2.24) is 4.90 Å². The summed E-state index contributed by atoms with van der Waals surface area (Å²) in [6, 6.07) is 0. The van der Waals surface area contributed by atoms with E-state index in [1.54, 1.807) is 30.6 Å². The number of allylic oxidation sites excluding steroid dienone is 1. The molecule has 0 aliphatic carbocycles. The molecule has 1 rings (SSSR count). The van der Waals surface area contributed by atoms with Crippen molar-refractivity contribution in [2.24, 2.45) is 4.99 Å². The highest BCUT2D eigenvalue weighted by atomic mass is 16.1. The maximum absolute atomic E-state index is 10.1. The number of hydrogen-bond acceptors (Lipinski definition) is 3. The molecule has 0 N–H and O–H groups in total. The van der Waals surface area contributed by atoms with Crippen molar-refractivity contribution < 1.29 is 4.79 Å². The van der Waals surface area contributed by atoms with Gasteiger partial charge >= 0.3 is 0 Å². The first-order valence-corrected chi connectivity index (χ1v) is 3.21. The van der Waals surface area contributed by atoms with Gasteiger partial charge in [-0.05, 0) is 6.08 Å².